The predicted molar refractivity (Wildman–Crippen MR) is 125 cm³/mol. The number of anilines is 1. The van der Waals surface area contributed by atoms with E-state index in [0.717, 1.165) is 5.56 Å². The maximum atomic E-state index is 13.0. The van der Waals surface area contributed by atoms with Gasteiger partial charge in [0.05, 0.1) is 24.6 Å². The van der Waals surface area contributed by atoms with E-state index in [4.69, 9.17) is 9.47 Å². The summed E-state index contributed by atoms with van der Waals surface area (Å²) >= 11 is 1.20. The Morgan fingerprint density at radius 2 is 1.88 bits per heavy atom. The van der Waals surface area contributed by atoms with Crippen LogP contribution in [0.15, 0.2) is 64.9 Å². The lowest BCUT2D eigenvalue weighted by Crippen LogP contribution is -2.22. The minimum Gasteiger partial charge on any atom is -0.495 e. The summed E-state index contributed by atoms with van der Waals surface area (Å²) in [7, 11) is 1.51. The number of aromatic amines is 1. The average Bonchev–Trinajstić information content (AvgIpc) is 3.23. The zero-order chi connectivity index (χ0) is 22.7. The van der Waals surface area contributed by atoms with E-state index in [1.165, 1.54) is 24.6 Å². The zero-order valence-electron chi connectivity index (χ0n) is 17.4. The van der Waals surface area contributed by atoms with Gasteiger partial charge >= 0.3 is 5.97 Å². The van der Waals surface area contributed by atoms with E-state index in [-0.39, 0.29) is 17.7 Å². The monoisotopic (exact) mass is 448 g/mol. The van der Waals surface area contributed by atoms with Gasteiger partial charge in [-0.15, -0.1) is 11.3 Å². The molecule has 0 aliphatic heterocycles. The Hall–Kier alpha value is -3.91. The van der Waals surface area contributed by atoms with Gasteiger partial charge in [-0.25, -0.2) is 4.79 Å². The number of para-hydroxylation sites is 1. The van der Waals surface area contributed by atoms with E-state index < -0.39 is 17.3 Å². The third-order valence-electron chi connectivity index (χ3n) is 4.92. The maximum Gasteiger partial charge on any atom is 0.341 e. The first kappa shape index (κ1) is 21.3. The van der Waals surface area contributed by atoms with Gasteiger partial charge in [0.1, 0.15) is 21.9 Å². The second kappa shape index (κ2) is 9.07. The second-order valence-corrected chi connectivity index (χ2v) is 7.69. The van der Waals surface area contributed by atoms with Crippen LogP contribution in [0.1, 0.15) is 27.6 Å². The van der Waals surface area contributed by atoms with E-state index in [0.29, 0.717) is 27.2 Å². The van der Waals surface area contributed by atoms with Crippen LogP contribution in [0.3, 0.4) is 0 Å². The number of H-pyrrole nitrogens is 1. The molecule has 2 aromatic carbocycles. The second-order valence-electron chi connectivity index (χ2n) is 6.81. The molecule has 0 aliphatic rings. The van der Waals surface area contributed by atoms with Crippen LogP contribution in [0.5, 0.6) is 5.75 Å². The zero-order valence-corrected chi connectivity index (χ0v) is 18.2. The summed E-state index contributed by atoms with van der Waals surface area (Å²) in [5, 5.41) is 5.15. The summed E-state index contributed by atoms with van der Waals surface area (Å²) in [5.74, 6) is -0.662. The summed E-state index contributed by atoms with van der Waals surface area (Å²) in [6.45, 7) is 1.91. The van der Waals surface area contributed by atoms with Gasteiger partial charge in [-0.1, -0.05) is 36.4 Å². The third-order valence-corrected chi connectivity index (χ3v) is 5.82. The molecule has 0 radical (unpaired) electrons. The molecule has 0 bridgehead atoms. The minimum atomic E-state index is -0.622. The van der Waals surface area contributed by atoms with Crippen molar-refractivity contribution in [1.82, 2.24) is 4.98 Å². The first-order valence-electron chi connectivity index (χ1n) is 9.89. The van der Waals surface area contributed by atoms with Crippen molar-refractivity contribution in [3.8, 4) is 16.9 Å². The van der Waals surface area contributed by atoms with Crippen LogP contribution >= 0.6 is 11.3 Å². The number of hydrogen-bond donors (Lipinski definition) is 2. The number of ether oxygens (including phenoxy) is 2. The summed E-state index contributed by atoms with van der Waals surface area (Å²) in [4.78, 5) is 41.6. The number of thiophene rings is 1. The Balaban J connectivity index is 1.74. The van der Waals surface area contributed by atoms with Gasteiger partial charge in [-0.2, -0.15) is 0 Å². The quantitative estimate of drug-likeness (QED) is 0.417. The predicted octanol–water partition coefficient (Wildman–Crippen LogP) is 4.69. The van der Waals surface area contributed by atoms with E-state index in [1.54, 1.807) is 30.5 Å². The number of esters is 1. The minimum absolute atomic E-state index is 0.0739. The first-order valence-corrected chi connectivity index (χ1v) is 10.8. The molecule has 1 amide bonds. The van der Waals surface area contributed by atoms with Crippen molar-refractivity contribution in [2.45, 2.75) is 6.92 Å². The molecule has 0 atom stereocenters. The molecule has 2 N–H and O–H groups in total. The summed E-state index contributed by atoms with van der Waals surface area (Å²) < 4.78 is 10.5. The molecule has 7 nitrogen and oxygen atoms in total. The van der Waals surface area contributed by atoms with Crippen molar-refractivity contribution in [2.24, 2.45) is 0 Å². The number of hydrogen-bond acceptors (Lipinski definition) is 6. The Labute approximate surface area is 187 Å². The molecule has 0 aliphatic carbocycles. The molecule has 2 aromatic heterocycles. The van der Waals surface area contributed by atoms with Gasteiger partial charge in [0, 0.05) is 17.1 Å². The number of benzene rings is 2. The third kappa shape index (κ3) is 3.88. The van der Waals surface area contributed by atoms with Crippen LogP contribution in [0.2, 0.25) is 0 Å². The lowest BCUT2D eigenvalue weighted by atomic mass is 10.0. The number of rotatable bonds is 6. The van der Waals surface area contributed by atoms with Crippen molar-refractivity contribution < 1.29 is 19.1 Å². The molecule has 0 spiro atoms. The molecule has 0 saturated carbocycles. The lowest BCUT2D eigenvalue weighted by Gasteiger charge is -2.10. The molecule has 162 valence electrons. The largest absolute Gasteiger partial charge is 0.495 e. The van der Waals surface area contributed by atoms with Crippen molar-refractivity contribution in [3.63, 3.8) is 0 Å². The molecule has 4 aromatic rings. The highest BCUT2D eigenvalue weighted by molar-refractivity contribution is 7.15. The highest BCUT2D eigenvalue weighted by atomic mass is 32.1. The first-order chi connectivity index (χ1) is 15.5. The highest BCUT2D eigenvalue weighted by Gasteiger charge is 2.24. The van der Waals surface area contributed by atoms with Crippen LogP contribution in [0, 0.1) is 0 Å². The number of amides is 1. The van der Waals surface area contributed by atoms with Gasteiger partial charge in [-0.3, -0.25) is 9.59 Å². The van der Waals surface area contributed by atoms with Gasteiger partial charge in [-0.05, 0) is 24.6 Å². The van der Waals surface area contributed by atoms with Gasteiger partial charge in [0.25, 0.3) is 5.91 Å². The molecular formula is C24H20N2O5S. The number of methoxy groups -OCH3 is 1. The molecule has 2 heterocycles. The van der Waals surface area contributed by atoms with Gasteiger partial charge < -0.3 is 19.8 Å². The van der Waals surface area contributed by atoms with E-state index in [2.05, 4.69) is 10.3 Å². The molecule has 32 heavy (non-hydrogen) atoms. The highest BCUT2D eigenvalue weighted by Crippen LogP contribution is 2.36. The average molecular weight is 449 g/mol. The Morgan fingerprint density at radius 3 is 2.59 bits per heavy atom. The molecule has 4 rings (SSSR count). The van der Waals surface area contributed by atoms with Crippen LogP contribution < -0.4 is 15.5 Å². The number of carbonyl (C=O) groups is 2. The SMILES string of the molecule is CCOC(=O)c1c(-c2ccccc2)csc1NC(=O)c1c[nH]c2c(OC)cccc2c1=O. The van der Waals surface area contributed by atoms with Crippen LogP contribution in [-0.4, -0.2) is 30.6 Å². The van der Waals surface area contributed by atoms with E-state index >= 15 is 0 Å². The van der Waals surface area contributed by atoms with Crippen molar-refractivity contribution >= 4 is 39.1 Å². The lowest BCUT2D eigenvalue weighted by molar-refractivity contribution is 0.0529. The number of nitrogens with one attached hydrogen (secondary N) is 2. The van der Waals surface area contributed by atoms with Crippen molar-refractivity contribution in [3.05, 3.63) is 81.5 Å². The van der Waals surface area contributed by atoms with Crippen LogP contribution in [-0.2, 0) is 4.74 Å². The molecule has 0 saturated heterocycles. The van der Waals surface area contributed by atoms with E-state index in [9.17, 15) is 14.4 Å². The standard InChI is InChI=1S/C24H20N2O5S/c1-3-31-24(29)19-17(14-8-5-4-6-9-14)13-32-23(19)26-22(28)16-12-25-20-15(21(16)27)10-7-11-18(20)30-2/h4-13H,3H2,1-2H3,(H,25,27)(H,26,28). The van der Waals surface area contributed by atoms with Gasteiger partial charge in [0.2, 0.25) is 5.43 Å². The molecule has 0 fully saturated rings. The van der Waals surface area contributed by atoms with Gasteiger partial charge in [0.15, 0.2) is 0 Å². The number of carbonyl (C=O) groups excluding carboxylic acids is 2. The Morgan fingerprint density at radius 1 is 1.09 bits per heavy atom. The van der Waals surface area contributed by atoms with Crippen molar-refractivity contribution in [2.75, 3.05) is 19.0 Å². The van der Waals surface area contributed by atoms with Crippen LogP contribution in [0.4, 0.5) is 5.00 Å². The summed E-state index contributed by atoms with van der Waals surface area (Å²) in [6.07, 6.45) is 1.35. The fourth-order valence-corrected chi connectivity index (χ4v) is 4.37. The fraction of sp³-hybridized carbons (Fsp3) is 0.125. The fourth-order valence-electron chi connectivity index (χ4n) is 3.42. The number of pyridine rings is 1. The topological polar surface area (TPSA) is 97.5 Å². The number of aromatic nitrogens is 1. The molecular weight excluding hydrogens is 428 g/mol. The maximum absolute atomic E-state index is 13.0. The Bertz CT molecular complexity index is 1360. The number of fused-ring (bicyclic) bond motifs is 1. The Kier molecular flexibility index (Phi) is 6.04. The normalized spacial score (nSPS) is 10.7. The van der Waals surface area contributed by atoms with E-state index in [1.807, 2.05) is 30.3 Å². The summed E-state index contributed by atoms with van der Waals surface area (Å²) in [6, 6.07) is 14.4. The van der Waals surface area contributed by atoms with Crippen LogP contribution in [0.25, 0.3) is 22.0 Å². The summed E-state index contributed by atoms with van der Waals surface area (Å²) in [5.41, 5.74) is 1.73. The molecule has 0 unspecified atom stereocenters. The smallest absolute Gasteiger partial charge is 0.341 e. The van der Waals surface area contributed by atoms with Crippen molar-refractivity contribution in [1.29, 1.82) is 0 Å². The molecule has 8 heteroatoms.